The molecule has 25 heavy (non-hydrogen) atoms. The van der Waals surface area contributed by atoms with Crippen molar-refractivity contribution in [1.82, 2.24) is 19.9 Å². The maximum absolute atomic E-state index is 13.7. The van der Waals surface area contributed by atoms with Gasteiger partial charge < -0.3 is 14.6 Å². The zero-order valence-electron chi connectivity index (χ0n) is 13.9. The summed E-state index contributed by atoms with van der Waals surface area (Å²) in [6, 6.07) is 3.50. The number of nitrogens with one attached hydrogen (secondary N) is 1. The Bertz CT molecular complexity index is 969. The second-order valence-corrected chi connectivity index (χ2v) is 6.26. The van der Waals surface area contributed by atoms with Crippen molar-refractivity contribution in [2.75, 3.05) is 19.6 Å². The lowest BCUT2D eigenvalue weighted by molar-refractivity contribution is 0.104. The molecule has 1 aliphatic rings. The Hall–Kier alpha value is -2.72. The topological polar surface area (TPSA) is 77.8 Å². The molecule has 3 aromatic rings. The second kappa shape index (κ2) is 6.30. The van der Waals surface area contributed by atoms with Crippen molar-refractivity contribution in [1.29, 1.82) is 5.26 Å². The van der Waals surface area contributed by atoms with Crippen molar-refractivity contribution in [2.24, 2.45) is 0 Å². The number of ether oxygens (including phenoxy) is 1. The van der Waals surface area contributed by atoms with E-state index in [0.717, 1.165) is 38.7 Å². The number of rotatable bonds is 3. The lowest BCUT2D eigenvalue weighted by Crippen LogP contribution is -2.38. The maximum Gasteiger partial charge on any atom is 0.183 e. The van der Waals surface area contributed by atoms with Crippen molar-refractivity contribution in [3.05, 3.63) is 30.0 Å². The number of fused-ring (bicyclic) bond motifs is 3. The maximum atomic E-state index is 13.7. The van der Waals surface area contributed by atoms with Crippen LogP contribution in [0.3, 0.4) is 0 Å². The zero-order chi connectivity index (χ0) is 17.4. The number of piperidine rings is 1. The van der Waals surface area contributed by atoms with E-state index in [1.807, 2.05) is 0 Å². The molecule has 3 aromatic heterocycles. The van der Waals surface area contributed by atoms with Crippen LogP contribution in [0, 0.1) is 17.1 Å². The van der Waals surface area contributed by atoms with Crippen molar-refractivity contribution in [3.63, 3.8) is 0 Å². The van der Waals surface area contributed by atoms with Crippen molar-refractivity contribution in [3.8, 4) is 11.8 Å². The SMILES string of the molecule is CCN1CCC(Oc2c(C#N)ncc3[nH]c4ncc(F)cc4c23)CC1. The van der Waals surface area contributed by atoms with E-state index in [1.54, 1.807) is 6.20 Å². The molecule has 1 fully saturated rings. The minimum Gasteiger partial charge on any atom is -0.487 e. The van der Waals surface area contributed by atoms with Gasteiger partial charge in [-0.15, -0.1) is 0 Å². The molecule has 1 N–H and O–H groups in total. The molecule has 0 saturated carbocycles. The fraction of sp³-hybridized carbons (Fsp3) is 0.389. The summed E-state index contributed by atoms with van der Waals surface area (Å²) >= 11 is 0. The van der Waals surface area contributed by atoms with E-state index >= 15 is 0 Å². The summed E-state index contributed by atoms with van der Waals surface area (Å²) in [4.78, 5) is 13.8. The van der Waals surface area contributed by atoms with Gasteiger partial charge in [-0.05, 0) is 25.5 Å². The van der Waals surface area contributed by atoms with Gasteiger partial charge in [0.1, 0.15) is 23.6 Å². The molecule has 0 aromatic carbocycles. The Kier molecular flexibility index (Phi) is 3.98. The third-order valence-electron chi connectivity index (χ3n) is 4.78. The standard InChI is InChI=1S/C18H18FN5O/c1-2-24-5-3-12(4-6-24)25-17-14(8-20)21-10-15-16(17)13-7-11(19)9-22-18(13)23-15/h7,9-10,12H,2-6H2,1H3,(H,22,23). The summed E-state index contributed by atoms with van der Waals surface area (Å²) in [5, 5.41) is 10.7. The summed E-state index contributed by atoms with van der Waals surface area (Å²) < 4.78 is 19.9. The molecular formula is C18H18FN5O. The van der Waals surface area contributed by atoms with Crippen LogP contribution in [-0.4, -0.2) is 45.6 Å². The van der Waals surface area contributed by atoms with Crippen LogP contribution in [0.25, 0.3) is 21.9 Å². The van der Waals surface area contributed by atoms with Gasteiger partial charge >= 0.3 is 0 Å². The van der Waals surface area contributed by atoms with Gasteiger partial charge in [-0.2, -0.15) is 5.26 Å². The molecule has 0 atom stereocenters. The predicted octanol–water partition coefficient (Wildman–Crippen LogP) is 2.98. The van der Waals surface area contributed by atoms with Gasteiger partial charge in [0.05, 0.1) is 23.3 Å². The highest BCUT2D eigenvalue weighted by molar-refractivity contribution is 6.09. The molecule has 7 heteroatoms. The third-order valence-corrected chi connectivity index (χ3v) is 4.78. The number of nitrogens with zero attached hydrogens (tertiary/aromatic N) is 4. The Morgan fingerprint density at radius 2 is 2.16 bits per heavy atom. The first-order valence-electron chi connectivity index (χ1n) is 8.44. The summed E-state index contributed by atoms with van der Waals surface area (Å²) in [5.74, 6) is -0.000442. The molecule has 0 aliphatic carbocycles. The quantitative estimate of drug-likeness (QED) is 0.794. The zero-order valence-corrected chi connectivity index (χ0v) is 13.9. The minimum atomic E-state index is -0.425. The molecule has 6 nitrogen and oxygen atoms in total. The van der Waals surface area contributed by atoms with Gasteiger partial charge in [0.25, 0.3) is 0 Å². The molecule has 0 spiro atoms. The van der Waals surface area contributed by atoms with E-state index in [0.29, 0.717) is 27.7 Å². The molecule has 1 saturated heterocycles. The largest absolute Gasteiger partial charge is 0.487 e. The van der Waals surface area contributed by atoms with Gasteiger partial charge in [0.15, 0.2) is 11.4 Å². The third kappa shape index (κ3) is 2.79. The minimum absolute atomic E-state index is 0.0220. The normalized spacial score (nSPS) is 16.4. The predicted molar refractivity (Wildman–Crippen MR) is 91.8 cm³/mol. The number of aromatic amines is 1. The number of nitriles is 1. The molecule has 1 aliphatic heterocycles. The Labute approximate surface area is 144 Å². The molecular weight excluding hydrogens is 321 g/mol. The van der Waals surface area contributed by atoms with Crippen LogP contribution in [0.5, 0.6) is 5.75 Å². The Balaban J connectivity index is 1.79. The lowest BCUT2D eigenvalue weighted by Gasteiger charge is -2.31. The summed E-state index contributed by atoms with van der Waals surface area (Å²) in [5.41, 5.74) is 1.46. The average molecular weight is 339 g/mol. The Morgan fingerprint density at radius 1 is 1.36 bits per heavy atom. The number of likely N-dealkylation sites (tertiary alicyclic amines) is 1. The molecule has 4 rings (SSSR count). The first kappa shape index (κ1) is 15.8. The average Bonchev–Trinajstić information content (AvgIpc) is 3.00. The number of pyridine rings is 2. The monoisotopic (exact) mass is 339 g/mol. The molecule has 128 valence electrons. The van der Waals surface area contributed by atoms with Gasteiger partial charge in [0.2, 0.25) is 0 Å². The number of hydrogen-bond acceptors (Lipinski definition) is 5. The van der Waals surface area contributed by atoms with E-state index in [-0.39, 0.29) is 11.8 Å². The van der Waals surface area contributed by atoms with Crippen molar-refractivity contribution < 1.29 is 9.13 Å². The van der Waals surface area contributed by atoms with Crippen LogP contribution >= 0.6 is 0 Å². The summed E-state index contributed by atoms with van der Waals surface area (Å²) in [7, 11) is 0. The second-order valence-electron chi connectivity index (χ2n) is 6.26. The molecule has 0 bridgehead atoms. The van der Waals surface area contributed by atoms with E-state index in [2.05, 4.69) is 32.8 Å². The number of hydrogen-bond donors (Lipinski definition) is 1. The first-order chi connectivity index (χ1) is 12.2. The molecule has 0 radical (unpaired) electrons. The highest BCUT2D eigenvalue weighted by atomic mass is 19.1. The van der Waals surface area contributed by atoms with E-state index in [1.165, 1.54) is 6.07 Å². The van der Waals surface area contributed by atoms with E-state index < -0.39 is 5.82 Å². The van der Waals surface area contributed by atoms with Gasteiger partial charge in [-0.1, -0.05) is 6.92 Å². The molecule has 0 unspecified atom stereocenters. The van der Waals surface area contributed by atoms with Crippen LogP contribution in [-0.2, 0) is 0 Å². The molecule has 4 heterocycles. The first-order valence-corrected chi connectivity index (χ1v) is 8.44. The number of aromatic nitrogens is 3. The van der Waals surface area contributed by atoms with Gasteiger partial charge in [-0.25, -0.2) is 14.4 Å². The Morgan fingerprint density at radius 3 is 2.88 bits per heavy atom. The van der Waals surface area contributed by atoms with Crippen LogP contribution in [0.2, 0.25) is 0 Å². The fourth-order valence-electron chi connectivity index (χ4n) is 3.42. The van der Waals surface area contributed by atoms with Crippen molar-refractivity contribution >= 4 is 21.9 Å². The van der Waals surface area contributed by atoms with Crippen LogP contribution < -0.4 is 4.74 Å². The lowest BCUT2D eigenvalue weighted by atomic mass is 10.1. The highest BCUT2D eigenvalue weighted by Crippen LogP contribution is 2.35. The number of halogens is 1. The van der Waals surface area contributed by atoms with E-state index in [4.69, 9.17) is 4.74 Å². The molecule has 0 amide bonds. The number of H-pyrrole nitrogens is 1. The van der Waals surface area contributed by atoms with Gasteiger partial charge in [0, 0.05) is 18.5 Å². The van der Waals surface area contributed by atoms with E-state index in [9.17, 15) is 9.65 Å². The summed E-state index contributed by atoms with van der Waals surface area (Å²) in [6.07, 6.45) is 4.54. The van der Waals surface area contributed by atoms with Crippen LogP contribution in [0.1, 0.15) is 25.5 Å². The van der Waals surface area contributed by atoms with Gasteiger partial charge in [-0.3, -0.25) is 0 Å². The van der Waals surface area contributed by atoms with Crippen LogP contribution in [0.4, 0.5) is 4.39 Å². The smallest absolute Gasteiger partial charge is 0.183 e. The van der Waals surface area contributed by atoms with Crippen LogP contribution in [0.15, 0.2) is 18.5 Å². The highest BCUT2D eigenvalue weighted by Gasteiger charge is 2.23. The van der Waals surface area contributed by atoms with Crippen molar-refractivity contribution in [2.45, 2.75) is 25.9 Å². The fourth-order valence-corrected chi connectivity index (χ4v) is 3.42. The summed E-state index contributed by atoms with van der Waals surface area (Å²) in [6.45, 7) is 5.11.